The quantitative estimate of drug-likeness (QED) is 0.690. The second-order valence-corrected chi connectivity index (χ2v) is 5.94. The van der Waals surface area contributed by atoms with E-state index in [1.54, 1.807) is 7.11 Å². The van der Waals surface area contributed by atoms with E-state index in [1.165, 1.54) is 5.56 Å². The number of para-hydroxylation sites is 1. The Morgan fingerprint density at radius 2 is 1.86 bits per heavy atom. The molecule has 0 fully saturated rings. The van der Waals surface area contributed by atoms with E-state index in [-0.39, 0.29) is 12.5 Å². The summed E-state index contributed by atoms with van der Waals surface area (Å²) < 4.78 is 6.22. The highest BCUT2D eigenvalue weighted by Crippen LogP contribution is 2.16. The fourth-order valence-corrected chi connectivity index (χ4v) is 2.56. The van der Waals surface area contributed by atoms with E-state index in [4.69, 9.17) is 4.74 Å². The molecular formula is C17H19IN2O2. The Balaban J connectivity index is 1.70. The van der Waals surface area contributed by atoms with Gasteiger partial charge in [0, 0.05) is 15.8 Å². The molecule has 4 nitrogen and oxygen atoms in total. The molecule has 0 aliphatic heterocycles. The monoisotopic (exact) mass is 410 g/mol. The van der Waals surface area contributed by atoms with Gasteiger partial charge in [-0.05, 0) is 58.8 Å². The van der Waals surface area contributed by atoms with Gasteiger partial charge in [0.15, 0.2) is 0 Å². The summed E-state index contributed by atoms with van der Waals surface area (Å²) in [5.74, 6) is 0.836. The number of carbonyl (C=O) groups is 1. The van der Waals surface area contributed by atoms with Crippen LogP contribution in [-0.2, 0) is 11.2 Å². The number of amides is 1. The molecular weight excluding hydrogens is 391 g/mol. The van der Waals surface area contributed by atoms with E-state index in [0.29, 0.717) is 6.54 Å². The Morgan fingerprint density at radius 1 is 1.14 bits per heavy atom. The highest BCUT2D eigenvalue weighted by molar-refractivity contribution is 14.1. The first-order chi connectivity index (χ1) is 10.7. The number of benzene rings is 2. The predicted molar refractivity (Wildman–Crippen MR) is 97.4 cm³/mol. The fraction of sp³-hybridized carbons (Fsp3) is 0.235. The number of methoxy groups -OCH3 is 1. The fourth-order valence-electron chi connectivity index (χ4n) is 1.98. The number of hydrogen-bond donors (Lipinski definition) is 2. The molecule has 0 aliphatic rings. The normalized spacial score (nSPS) is 10.1. The topological polar surface area (TPSA) is 50.4 Å². The summed E-state index contributed by atoms with van der Waals surface area (Å²) in [5.41, 5.74) is 2.15. The summed E-state index contributed by atoms with van der Waals surface area (Å²) in [5, 5.41) is 6.05. The van der Waals surface area contributed by atoms with Crippen molar-refractivity contribution < 1.29 is 9.53 Å². The number of halogens is 1. The molecule has 5 heteroatoms. The predicted octanol–water partition coefficient (Wildman–Crippen LogP) is 3.07. The molecule has 0 aliphatic carbocycles. The van der Waals surface area contributed by atoms with Crippen molar-refractivity contribution in [1.29, 1.82) is 0 Å². The van der Waals surface area contributed by atoms with Crippen LogP contribution in [0, 0.1) is 3.57 Å². The van der Waals surface area contributed by atoms with Gasteiger partial charge >= 0.3 is 0 Å². The maximum absolute atomic E-state index is 11.8. The largest absolute Gasteiger partial charge is 0.497 e. The highest BCUT2D eigenvalue weighted by atomic mass is 127. The van der Waals surface area contributed by atoms with Gasteiger partial charge in [0.25, 0.3) is 0 Å². The van der Waals surface area contributed by atoms with Crippen molar-refractivity contribution in [3.63, 3.8) is 0 Å². The number of ether oxygens (including phenoxy) is 1. The first-order valence-corrected chi connectivity index (χ1v) is 8.15. The lowest BCUT2D eigenvalue weighted by molar-refractivity contribution is -0.119. The number of nitrogens with one attached hydrogen (secondary N) is 2. The third-order valence-electron chi connectivity index (χ3n) is 3.21. The molecule has 2 N–H and O–H groups in total. The number of rotatable bonds is 7. The standard InChI is InChI=1S/C17H19IN2O2/c1-22-14-8-6-13(7-9-14)10-11-19-17(21)12-20-16-5-3-2-4-15(16)18/h2-9,20H,10-12H2,1H3,(H,19,21). The van der Waals surface area contributed by atoms with Crippen LogP contribution in [0.2, 0.25) is 0 Å². The van der Waals surface area contributed by atoms with Crippen LogP contribution >= 0.6 is 22.6 Å². The van der Waals surface area contributed by atoms with E-state index < -0.39 is 0 Å². The van der Waals surface area contributed by atoms with Crippen molar-refractivity contribution in [1.82, 2.24) is 5.32 Å². The van der Waals surface area contributed by atoms with Crippen molar-refractivity contribution >= 4 is 34.2 Å². The van der Waals surface area contributed by atoms with Crippen LogP contribution in [0.25, 0.3) is 0 Å². The van der Waals surface area contributed by atoms with Crippen molar-refractivity contribution in [2.45, 2.75) is 6.42 Å². The molecule has 0 saturated heterocycles. The zero-order valence-corrected chi connectivity index (χ0v) is 14.6. The molecule has 0 saturated carbocycles. The van der Waals surface area contributed by atoms with E-state index >= 15 is 0 Å². The maximum atomic E-state index is 11.8. The van der Waals surface area contributed by atoms with Gasteiger partial charge in [0.2, 0.25) is 5.91 Å². The Morgan fingerprint density at radius 3 is 2.55 bits per heavy atom. The summed E-state index contributed by atoms with van der Waals surface area (Å²) in [7, 11) is 1.65. The smallest absolute Gasteiger partial charge is 0.239 e. The average molecular weight is 410 g/mol. The highest BCUT2D eigenvalue weighted by Gasteiger charge is 2.03. The SMILES string of the molecule is COc1ccc(CCNC(=O)CNc2ccccc2I)cc1. The molecule has 0 heterocycles. The van der Waals surface area contributed by atoms with Crippen LogP contribution in [0.4, 0.5) is 5.69 Å². The second kappa shape index (κ2) is 8.63. The second-order valence-electron chi connectivity index (χ2n) is 4.78. The van der Waals surface area contributed by atoms with Crippen LogP contribution < -0.4 is 15.4 Å². The van der Waals surface area contributed by atoms with E-state index in [9.17, 15) is 4.79 Å². The molecule has 2 rings (SSSR count). The van der Waals surface area contributed by atoms with Crippen molar-refractivity contribution in [3.8, 4) is 5.75 Å². The summed E-state index contributed by atoms with van der Waals surface area (Å²) in [6.45, 7) is 0.904. The van der Waals surface area contributed by atoms with Gasteiger partial charge in [-0.3, -0.25) is 4.79 Å². The van der Waals surface area contributed by atoms with Gasteiger partial charge < -0.3 is 15.4 Å². The summed E-state index contributed by atoms with van der Waals surface area (Å²) >= 11 is 2.24. The zero-order chi connectivity index (χ0) is 15.8. The van der Waals surface area contributed by atoms with Crippen LogP contribution in [0.1, 0.15) is 5.56 Å². The zero-order valence-electron chi connectivity index (χ0n) is 12.4. The molecule has 0 unspecified atom stereocenters. The van der Waals surface area contributed by atoms with Crippen LogP contribution in [-0.4, -0.2) is 26.1 Å². The molecule has 0 spiro atoms. The first-order valence-electron chi connectivity index (χ1n) is 7.07. The summed E-state index contributed by atoms with van der Waals surface area (Å²) in [6, 6.07) is 15.8. The Bertz CT molecular complexity index is 614. The van der Waals surface area contributed by atoms with Crippen LogP contribution in [0.5, 0.6) is 5.75 Å². The molecule has 22 heavy (non-hydrogen) atoms. The first kappa shape index (κ1) is 16.6. The van der Waals surface area contributed by atoms with Crippen molar-refractivity contribution in [2.24, 2.45) is 0 Å². The minimum Gasteiger partial charge on any atom is -0.497 e. The van der Waals surface area contributed by atoms with Crippen molar-refractivity contribution in [2.75, 3.05) is 25.5 Å². The molecule has 2 aromatic rings. The number of anilines is 1. The van der Waals surface area contributed by atoms with Crippen LogP contribution in [0.3, 0.4) is 0 Å². The number of hydrogen-bond acceptors (Lipinski definition) is 3. The van der Waals surface area contributed by atoms with Gasteiger partial charge in [-0.15, -0.1) is 0 Å². The van der Waals surface area contributed by atoms with Gasteiger partial charge in [0.1, 0.15) is 5.75 Å². The Kier molecular flexibility index (Phi) is 6.51. The minimum absolute atomic E-state index is 0.00633. The molecule has 0 bridgehead atoms. The van der Waals surface area contributed by atoms with E-state index in [1.807, 2.05) is 48.5 Å². The molecule has 0 atom stereocenters. The lowest BCUT2D eigenvalue weighted by atomic mass is 10.1. The Hall–Kier alpha value is -1.76. The van der Waals surface area contributed by atoms with Crippen LogP contribution in [0.15, 0.2) is 48.5 Å². The third-order valence-corrected chi connectivity index (χ3v) is 4.15. The summed E-state index contributed by atoms with van der Waals surface area (Å²) in [4.78, 5) is 11.8. The maximum Gasteiger partial charge on any atom is 0.239 e. The van der Waals surface area contributed by atoms with Gasteiger partial charge in [-0.2, -0.15) is 0 Å². The molecule has 116 valence electrons. The minimum atomic E-state index is -0.00633. The molecule has 2 aromatic carbocycles. The van der Waals surface area contributed by atoms with Gasteiger partial charge in [-0.25, -0.2) is 0 Å². The molecule has 0 aromatic heterocycles. The average Bonchev–Trinajstić information content (AvgIpc) is 2.55. The molecule has 0 radical (unpaired) electrons. The number of carbonyl (C=O) groups excluding carboxylic acids is 1. The Labute approximate surface area is 144 Å². The summed E-state index contributed by atoms with van der Waals surface area (Å²) in [6.07, 6.45) is 0.804. The van der Waals surface area contributed by atoms with Gasteiger partial charge in [-0.1, -0.05) is 24.3 Å². The van der Waals surface area contributed by atoms with Crippen molar-refractivity contribution in [3.05, 3.63) is 57.7 Å². The lowest BCUT2D eigenvalue weighted by Gasteiger charge is -2.09. The van der Waals surface area contributed by atoms with E-state index in [2.05, 4.69) is 33.2 Å². The lowest BCUT2D eigenvalue weighted by Crippen LogP contribution is -2.31. The molecule has 1 amide bonds. The third kappa shape index (κ3) is 5.22. The van der Waals surface area contributed by atoms with E-state index in [0.717, 1.165) is 21.4 Å². The van der Waals surface area contributed by atoms with Gasteiger partial charge in [0.05, 0.1) is 13.7 Å².